The van der Waals surface area contributed by atoms with Crippen LogP contribution in [0.1, 0.15) is 21.7 Å². The lowest BCUT2D eigenvalue weighted by molar-refractivity contribution is -0.645. The van der Waals surface area contributed by atoms with E-state index in [0.717, 1.165) is 19.6 Å². The van der Waals surface area contributed by atoms with Crippen molar-refractivity contribution in [1.82, 2.24) is 4.90 Å². The number of hydrogen-bond acceptors (Lipinski definition) is 3. The number of hydrogen-bond donors (Lipinski definition) is 1. The molecule has 1 aromatic carbocycles. The van der Waals surface area contributed by atoms with Crippen molar-refractivity contribution < 1.29 is 14.8 Å². The number of carbonyl (C=O) groups is 1. The van der Waals surface area contributed by atoms with Crippen molar-refractivity contribution in [2.24, 2.45) is 0 Å². The molecule has 5 heteroatoms. The predicted molar refractivity (Wildman–Crippen MR) is 97.9 cm³/mol. The van der Waals surface area contributed by atoms with Gasteiger partial charge in [-0.3, -0.25) is 4.79 Å². The Morgan fingerprint density at radius 1 is 1.17 bits per heavy atom. The molecule has 0 unspecified atom stereocenters. The van der Waals surface area contributed by atoms with Crippen LogP contribution in [0.25, 0.3) is 0 Å². The number of thiophene rings is 1. The van der Waals surface area contributed by atoms with Gasteiger partial charge >= 0.3 is 0 Å². The molecule has 0 aliphatic carbocycles. The second-order valence-electron chi connectivity index (χ2n) is 5.88. The molecule has 4 nitrogen and oxygen atoms in total. The summed E-state index contributed by atoms with van der Waals surface area (Å²) in [6.07, 6.45) is 0.965. The summed E-state index contributed by atoms with van der Waals surface area (Å²) in [6, 6.07) is 14.4. The normalized spacial score (nSPS) is 10.8. The first-order chi connectivity index (χ1) is 11.7. The minimum atomic E-state index is 0.183. The molecular weight excluding hydrogens is 320 g/mol. The fraction of sp³-hybridized carbons (Fsp3) is 0.421. The second kappa shape index (κ2) is 10.2. The zero-order valence-electron chi connectivity index (χ0n) is 14.5. The van der Waals surface area contributed by atoms with Crippen LogP contribution in [0, 0.1) is 6.92 Å². The Morgan fingerprint density at radius 2 is 1.96 bits per heavy atom. The van der Waals surface area contributed by atoms with E-state index in [0.29, 0.717) is 19.6 Å². The highest BCUT2D eigenvalue weighted by molar-refractivity contribution is 7.11. The standard InChI is InChI=1S/C19H26N2O2S/c1-16-9-10-18(24-16)15-21(14-17-7-4-3-5-8-17)19(22)13-20-11-6-12-23-2/h3-5,7-10,20H,6,11-15H2,1-2H3/p+1. The van der Waals surface area contributed by atoms with Gasteiger partial charge in [-0.2, -0.15) is 0 Å². The zero-order valence-corrected chi connectivity index (χ0v) is 15.3. The van der Waals surface area contributed by atoms with Crippen molar-refractivity contribution >= 4 is 17.2 Å². The molecule has 0 atom stereocenters. The van der Waals surface area contributed by atoms with Crippen LogP contribution < -0.4 is 5.32 Å². The number of carbonyl (C=O) groups excluding carboxylic acids is 1. The van der Waals surface area contributed by atoms with E-state index in [1.54, 1.807) is 18.4 Å². The van der Waals surface area contributed by atoms with Gasteiger partial charge in [0.1, 0.15) is 0 Å². The molecule has 1 heterocycles. The number of ether oxygens (including phenoxy) is 1. The minimum Gasteiger partial charge on any atom is -0.384 e. The number of nitrogens with zero attached hydrogens (tertiary/aromatic N) is 1. The van der Waals surface area contributed by atoms with Gasteiger partial charge in [0.05, 0.1) is 19.7 Å². The summed E-state index contributed by atoms with van der Waals surface area (Å²) in [5, 5.41) is 2.07. The number of amides is 1. The molecule has 2 N–H and O–H groups in total. The highest BCUT2D eigenvalue weighted by Crippen LogP contribution is 2.18. The fourth-order valence-electron chi connectivity index (χ4n) is 2.52. The molecule has 0 saturated carbocycles. The average Bonchev–Trinajstić information content (AvgIpc) is 3.00. The number of benzene rings is 1. The number of quaternary nitrogens is 1. The number of rotatable bonds is 10. The fourth-order valence-corrected chi connectivity index (χ4v) is 3.43. The van der Waals surface area contributed by atoms with E-state index in [9.17, 15) is 4.79 Å². The Balaban J connectivity index is 1.94. The maximum Gasteiger partial charge on any atom is 0.278 e. The first kappa shape index (κ1) is 18.6. The predicted octanol–water partition coefficient (Wildman–Crippen LogP) is 2.19. The van der Waals surface area contributed by atoms with Crippen LogP contribution >= 0.6 is 11.3 Å². The van der Waals surface area contributed by atoms with Gasteiger partial charge in [0.2, 0.25) is 0 Å². The third-order valence-corrected chi connectivity index (χ3v) is 4.77. The van der Waals surface area contributed by atoms with Gasteiger partial charge in [0.25, 0.3) is 5.91 Å². The Morgan fingerprint density at radius 3 is 2.62 bits per heavy atom. The van der Waals surface area contributed by atoms with Gasteiger partial charge in [-0.25, -0.2) is 0 Å². The Bertz CT molecular complexity index is 613. The third kappa shape index (κ3) is 6.43. The Hall–Kier alpha value is -1.69. The van der Waals surface area contributed by atoms with E-state index >= 15 is 0 Å². The van der Waals surface area contributed by atoms with Crippen LogP contribution in [0.15, 0.2) is 42.5 Å². The van der Waals surface area contributed by atoms with Gasteiger partial charge in [-0.05, 0) is 24.6 Å². The molecule has 24 heavy (non-hydrogen) atoms. The van der Waals surface area contributed by atoms with Gasteiger partial charge in [0.15, 0.2) is 6.54 Å². The zero-order chi connectivity index (χ0) is 17.2. The van der Waals surface area contributed by atoms with E-state index in [1.165, 1.54) is 15.3 Å². The summed E-state index contributed by atoms with van der Waals surface area (Å²) < 4.78 is 5.04. The molecule has 130 valence electrons. The largest absolute Gasteiger partial charge is 0.384 e. The molecule has 0 aliphatic rings. The smallest absolute Gasteiger partial charge is 0.278 e. The SMILES string of the molecule is COCCC[NH2+]CC(=O)N(Cc1ccccc1)Cc1ccc(C)s1. The van der Waals surface area contributed by atoms with Crippen molar-refractivity contribution in [3.05, 3.63) is 57.8 Å². The number of nitrogens with two attached hydrogens (primary N) is 1. The van der Waals surface area contributed by atoms with Gasteiger partial charge in [-0.15, -0.1) is 11.3 Å². The maximum atomic E-state index is 12.7. The summed E-state index contributed by atoms with van der Waals surface area (Å²) >= 11 is 1.76. The highest BCUT2D eigenvalue weighted by atomic mass is 32.1. The lowest BCUT2D eigenvalue weighted by Gasteiger charge is -2.21. The van der Waals surface area contributed by atoms with Crippen molar-refractivity contribution in [1.29, 1.82) is 0 Å². The average molecular weight is 348 g/mol. The highest BCUT2D eigenvalue weighted by Gasteiger charge is 2.16. The molecule has 1 aromatic heterocycles. The van der Waals surface area contributed by atoms with Crippen molar-refractivity contribution in [3.63, 3.8) is 0 Å². The third-order valence-electron chi connectivity index (χ3n) is 3.79. The summed E-state index contributed by atoms with van der Waals surface area (Å²) in [6.45, 7) is 5.58. The number of aryl methyl sites for hydroxylation is 1. The van der Waals surface area contributed by atoms with E-state index < -0.39 is 0 Å². The molecule has 2 rings (SSSR count). The lowest BCUT2D eigenvalue weighted by atomic mass is 10.2. The van der Waals surface area contributed by atoms with Crippen molar-refractivity contribution in [2.75, 3.05) is 26.8 Å². The van der Waals surface area contributed by atoms with E-state index in [-0.39, 0.29) is 5.91 Å². The van der Waals surface area contributed by atoms with E-state index in [4.69, 9.17) is 4.74 Å². The number of methoxy groups -OCH3 is 1. The van der Waals surface area contributed by atoms with Gasteiger partial charge < -0.3 is 15.0 Å². The Labute approximate surface area is 148 Å². The molecule has 0 aliphatic heterocycles. The van der Waals surface area contributed by atoms with E-state index in [1.807, 2.05) is 23.1 Å². The molecule has 0 radical (unpaired) electrons. The van der Waals surface area contributed by atoms with Crippen LogP contribution in [0.4, 0.5) is 0 Å². The summed E-state index contributed by atoms with van der Waals surface area (Å²) in [4.78, 5) is 17.1. The molecule has 0 fully saturated rings. The first-order valence-electron chi connectivity index (χ1n) is 8.36. The van der Waals surface area contributed by atoms with Crippen molar-refractivity contribution in [3.8, 4) is 0 Å². The summed E-state index contributed by atoms with van der Waals surface area (Å²) in [5.41, 5.74) is 1.17. The Kier molecular flexibility index (Phi) is 7.95. The summed E-state index contributed by atoms with van der Waals surface area (Å²) in [5.74, 6) is 0.183. The monoisotopic (exact) mass is 347 g/mol. The second-order valence-corrected chi connectivity index (χ2v) is 7.25. The molecule has 0 saturated heterocycles. The molecular formula is C19H27N2O2S+. The first-order valence-corrected chi connectivity index (χ1v) is 9.18. The lowest BCUT2D eigenvalue weighted by Crippen LogP contribution is -2.86. The summed E-state index contributed by atoms with van der Waals surface area (Å²) in [7, 11) is 1.70. The molecule has 0 spiro atoms. The van der Waals surface area contributed by atoms with Gasteiger partial charge in [-0.1, -0.05) is 30.3 Å². The molecule has 2 aromatic rings. The van der Waals surface area contributed by atoms with Crippen LogP contribution in [0.3, 0.4) is 0 Å². The van der Waals surface area contributed by atoms with Crippen LogP contribution in [0.5, 0.6) is 0 Å². The quantitative estimate of drug-likeness (QED) is 0.670. The van der Waals surface area contributed by atoms with Crippen LogP contribution in [0.2, 0.25) is 0 Å². The topological polar surface area (TPSA) is 46.1 Å². The van der Waals surface area contributed by atoms with Crippen molar-refractivity contribution in [2.45, 2.75) is 26.4 Å². The molecule has 1 amide bonds. The maximum absolute atomic E-state index is 12.7. The van der Waals surface area contributed by atoms with Gasteiger partial charge in [0, 0.05) is 29.8 Å². The molecule has 0 bridgehead atoms. The van der Waals surface area contributed by atoms with Crippen LogP contribution in [-0.2, 0) is 22.6 Å². The minimum absolute atomic E-state index is 0.183. The van der Waals surface area contributed by atoms with E-state index in [2.05, 4.69) is 36.5 Å². The van der Waals surface area contributed by atoms with Crippen LogP contribution in [-0.4, -0.2) is 37.6 Å².